The van der Waals surface area contributed by atoms with E-state index in [0.717, 1.165) is 31.3 Å². The number of nitrogens with zero attached hydrogens (tertiary/aromatic N) is 3. The highest BCUT2D eigenvalue weighted by molar-refractivity contribution is 5.79. The summed E-state index contributed by atoms with van der Waals surface area (Å²) in [5.74, 6) is 2.92. The smallest absolute Gasteiger partial charge is 0.216 e. The zero-order valence-corrected chi connectivity index (χ0v) is 15.4. The fraction of sp³-hybridized carbons (Fsp3) is 0.526. The highest BCUT2D eigenvalue weighted by atomic mass is 16.3. The van der Waals surface area contributed by atoms with E-state index in [0.29, 0.717) is 24.6 Å². The van der Waals surface area contributed by atoms with Crippen LogP contribution in [0.15, 0.2) is 39.5 Å². The van der Waals surface area contributed by atoms with Gasteiger partial charge in [-0.2, -0.15) is 5.10 Å². The lowest BCUT2D eigenvalue weighted by molar-refractivity contribution is 0.577. The molecule has 0 unspecified atom stereocenters. The molecule has 1 aliphatic carbocycles. The van der Waals surface area contributed by atoms with E-state index in [1.54, 1.807) is 11.8 Å². The minimum atomic E-state index is 0.583. The molecule has 0 radical (unpaired) electrons. The van der Waals surface area contributed by atoms with Gasteiger partial charge in [0.1, 0.15) is 5.82 Å². The van der Waals surface area contributed by atoms with Crippen molar-refractivity contribution >= 4 is 5.96 Å². The molecule has 0 spiro atoms. The molecular weight excluding hydrogens is 328 g/mol. The molecule has 2 aromatic heterocycles. The molecule has 0 bridgehead atoms. The van der Waals surface area contributed by atoms with Crippen molar-refractivity contribution in [2.24, 2.45) is 4.99 Å². The van der Waals surface area contributed by atoms with Gasteiger partial charge in [-0.05, 0) is 51.2 Å². The molecule has 0 saturated carbocycles. The van der Waals surface area contributed by atoms with Gasteiger partial charge in [0.05, 0.1) is 6.26 Å². The highest BCUT2D eigenvalue weighted by Gasteiger charge is 2.08. The van der Waals surface area contributed by atoms with Crippen molar-refractivity contribution in [3.05, 3.63) is 35.9 Å². The monoisotopic (exact) mass is 356 g/mol. The Morgan fingerprint density at radius 3 is 3.04 bits per heavy atom. The van der Waals surface area contributed by atoms with Gasteiger partial charge in [0.2, 0.25) is 5.82 Å². The molecule has 2 heterocycles. The Morgan fingerprint density at radius 2 is 2.27 bits per heavy atom. The Morgan fingerprint density at radius 1 is 1.31 bits per heavy atom. The predicted molar refractivity (Wildman–Crippen MR) is 103 cm³/mol. The van der Waals surface area contributed by atoms with Gasteiger partial charge in [0.15, 0.2) is 11.7 Å². The van der Waals surface area contributed by atoms with E-state index in [1.807, 2.05) is 12.1 Å². The first-order chi connectivity index (χ1) is 12.8. The molecule has 0 amide bonds. The molecule has 0 saturated heterocycles. The highest BCUT2D eigenvalue weighted by Crippen LogP contribution is 2.19. The summed E-state index contributed by atoms with van der Waals surface area (Å²) in [4.78, 5) is 9.07. The van der Waals surface area contributed by atoms with Crippen molar-refractivity contribution in [1.82, 2.24) is 25.8 Å². The molecule has 7 nitrogen and oxygen atoms in total. The summed E-state index contributed by atoms with van der Waals surface area (Å²) < 4.78 is 5.30. The van der Waals surface area contributed by atoms with E-state index in [9.17, 15) is 0 Å². The normalized spacial score (nSPS) is 15.0. The first-order valence-corrected chi connectivity index (χ1v) is 9.50. The van der Waals surface area contributed by atoms with Gasteiger partial charge in [0.25, 0.3) is 0 Å². The van der Waals surface area contributed by atoms with Crippen LogP contribution in [0.2, 0.25) is 0 Å². The summed E-state index contributed by atoms with van der Waals surface area (Å²) in [6.07, 6.45) is 11.0. The quantitative estimate of drug-likeness (QED) is 0.384. The summed E-state index contributed by atoms with van der Waals surface area (Å²) in [6.45, 7) is 4.49. The minimum Gasteiger partial charge on any atom is -0.461 e. The molecule has 1 aliphatic rings. The Bertz CT molecular complexity index is 716. The Balaban J connectivity index is 1.45. The van der Waals surface area contributed by atoms with Crippen molar-refractivity contribution in [3.8, 4) is 11.6 Å². The number of H-pyrrole nitrogens is 1. The van der Waals surface area contributed by atoms with Gasteiger partial charge >= 0.3 is 0 Å². The summed E-state index contributed by atoms with van der Waals surface area (Å²) in [7, 11) is 0. The molecular formula is C19H28N6O. The number of furan rings is 1. The summed E-state index contributed by atoms with van der Waals surface area (Å²) >= 11 is 0. The van der Waals surface area contributed by atoms with E-state index in [1.165, 1.54) is 25.7 Å². The van der Waals surface area contributed by atoms with E-state index in [2.05, 4.69) is 43.8 Å². The molecule has 3 rings (SSSR count). The molecule has 0 aromatic carbocycles. The van der Waals surface area contributed by atoms with E-state index < -0.39 is 0 Å². The second kappa shape index (κ2) is 9.79. The van der Waals surface area contributed by atoms with Crippen molar-refractivity contribution < 1.29 is 4.42 Å². The van der Waals surface area contributed by atoms with Crippen LogP contribution in [-0.4, -0.2) is 40.8 Å². The maximum absolute atomic E-state index is 5.30. The third kappa shape index (κ3) is 5.47. The van der Waals surface area contributed by atoms with Crippen LogP contribution in [0.3, 0.4) is 0 Å². The third-order valence-electron chi connectivity index (χ3n) is 4.36. The maximum Gasteiger partial charge on any atom is 0.216 e. The van der Waals surface area contributed by atoms with Crippen LogP contribution in [0.25, 0.3) is 11.6 Å². The standard InChI is InChI=1S/C19H28N6O/c1-2-20-19(21-12-10-15-7-4-3-5-8-15)22-13-11-17-23-18(25-24-17)16-9-6-14-26-16/h6-7,9,14H,2-5,8,10-13H2,1H3,(H2,20,21,22)(H,23,24,25). The van der Waals surface area contributed by atoms with Gasteiger partial charge in [-0.1, -0.05) is 11.6 Å². The second-order valence-corrected chi connectivity index (χ2v) is 6.38. The number of aliphatic imine (C=N–C) groups is 1. The molecule has 2 aromatic rings. The fourth-order valence-electron chi connectivity index (χ4n) is 3.01. The minimum absolute atomic E-state index is 0.583. The molecule has 3 N–H and O–H groups in total. The van der Waals surface area contributed by atoms with Crippen LogP contribution >= 0.6 is 0 Å². The van der Waals surface area contributed by atoms with Crippen LogP contribution in [0.5, 0.6) is 0 Å². The number of hydrogen-bond donors (Lipinski definition) is 3. The van der Waals surface area contributed by atoms with Crippen molar-refractivity contribution in [3.63, 3.8) is 0 Å². The number of aromatic nitrogens is 3. The lowest BCUT2D eigenvalue weighted by atomic mass is 9.97. The second-order valence-electron chi connectivity index (χ2n) is 6.38. The molecule has 140 valence electrons. The topological polar surface area (TPSA) is 91.1 Å². The molecule has 0 atom stereocenters. The van der Waals surface area contributed by atoms with Gasteiger partial charge in [0, 0.05) is 26.1 Å². The number of aromatic amines is 1. The number of allylic oxidation sites excluding steroid dienone is 1. The largest absolute Gasteiger partial charge is 0.461 e. The lowest BCUT2D eigenvalue weighted by Crippen LogP contribution is -2.38. The Kier molecular flexibility index (Phi) is 6.87. The van der Waals surface area contributed by atoms with Gasteiger partial charge < -0.3 is 15.1 Å². The Hall–Kier alpha value is -2.57. The number of guanidine groups is 1. The van der Waals surface area contributed by atoms with Crippen LogP contribution in [0.1, 0.15) is 44.9 Å². The first-order valence-electron chi connectivity index (χ1n) is 9.50. The van der Waals surface area contributed by atoms with Crippen LogP contribution in [-0.2, 0) is 6.42 Å². The fourth-order valence-corrected chi connectivity index (χ4v) is 3.01. The van der Waals surface area contributed by atoms with Gasteiger partial charge in [-0.3, -0.25) is 10.1 Å². The zero-order chi connectivity index (χ0) is 18.0. The molecule has 0 aliphatic heterocycles. The van der Waals surface area contributed by atoms with E-state index >= 15 is 0 Å². The van der Waals surface area contributed by atoms with Crippen molar-refractivity contribution in [1.29, 1.82) is 0 Å². The van der Waals surface area contributed by atoms with Crippen LogP contribution < -0.4 is 10.6 Å². The van der Waals surface area contributed by atoms with Crippen LogP contribution in [0, 0.1) is 0 Å². The van der Waals surface area contributed by atoms with Gasteiger partial charge in [-0.25, -0.2) is 4.98 Å². The Labute approximate surface area is 154 Å². The SMILES string of the molecule is CCNC(=NCCc1nc(-c2ccco2)n[nH]1)NCCC1=CCCCC1. The van der Waals surface area contributed by atoms with Crippen molar-refractivity contribution in [2.45, 2.75) is 45.4 Å². The number of hydrogen-bond acceptors (Lipinski definition) is 4. The van der Waals surface area contributed by atoms with E-state index in [4.69, 9.17) is 4.42 Å². The number of nitrogens with one attached hydrogen (secondary N) is 3. The average molecular weight is 356 g/mol. The van der Waals surface area contributed by atoms with Crippen molar-refractivity contribution in [2.75, 3.05) is 19.6 Å². The summed E-state index contributed by atoms with van der Waals surface area (Å²) in [5.41, 5.74) is 1.58. The molecule has 26 heavy (non-hydrogen) atoms. The third-order valence-corrected chi connectivity index (χ3v) is 4.36. The summed E-state index contributed by atoms with van der Waals surface area (Å²) in [6, 6.07) is 3.67. The predicted octanol–water partition coefficient (Wildman–Crippen LogP) is 3.05. The number of rotatable bonds is 8. The van der Waals surface area contributed by atoms with Gasteiger partial charge in [-0.15, -0.1) is 0 Å². The summed E-state index contributed by atoms with van der Waals surface area (Å²) in [5, 5.41) is 13.8. The van der Waals surface area contributed by atoms with E-state index in [-0.39, 0.29) is 0 Å². The molecule has 7 heteroatoms. The molecule has 0 fully saturated rings. The average Bonchev–Trinajstić information content (AvgIpc) is 3.34. The first kappa shape index (κ1) is 18.2. The zero-order valence-electron chi connectivity index (χ0n) is 15.4. The lowest BCUT2D eigenvalue weighted by Gasteiger charge is -2.15. The maximum atomic E-state index is 5.30. The van der Waals surface area contributed by atoms with Crippen LogP contribution in [0.4, 0.5) is 0 Å².